The molecule has 0 bridgehead atoms. The van der Waals surface area contributed by atoms with Gasteiger partial charge in [-0.25, -0.2) is 8.78 Å². The molecule has 0 aliphatic heterocycles. The summed E-state index contributed by atoms with van der Waals surface area (Å²) < 4.78 is 28.1. The summed E-state index contributed by atoms with van der Waals surface area (Å²) >= 11 is 3.47. The fourth-order valence-electron chi connectivity index (χ4n) is 2.08. The first-order valence-electron chi connectivity index (χ1n) is 5.91. The molecule has 1 N–H and O–H groups in total. The van der Waals surface area contributed by atoms with Gasteiger partial charge < -0.3 is 5.32 Å². The molecular weight excluding hydrogens is 312 g/mol. The number of hydrogen-bond acceptors (Lipinski definition) is 1. The summed E-state index contributed by atoms with van der Waals surface area (Å²) in [5.41, 5.74) is 2.27. The largest absolute Gasteiger partial charge is 0.309 e. The molecule has 0 saturated carbocycles. The maximum atomic E-state index is 13.9. The average molecular weight is 326 g/mol. The highest BCUT2D eigenvalue weighted by Crippen LogP contribution is 2.30. The van der Waals surface area contributed by atoms with Crippen molar-refractivity contribution in [3.05, 3.63) is 69.2 Å². The minimum absolute atomic E-state index is 0.298. The van der Waals surface area contributed by atoms with Crippen LogP contribution >= 0.6 is 15.9 Å². The van der Waals surface area contributed by atoms with E-state index in [2.05, 4.69) is 21.2 Å². The van der Waals surface area contributed by atoms with Gasteiger partial charge in [0, 0.05) is 10.0 Å². The molecule has 1 nitrogen and oxygen atoms in total. The predicted octanol–water partition coefficient (Wildman–Crippen LogP) is 4.34. The van der Waals surface area contributed by atoms with Crippen molar-refractivity contribution in [3.63, 3.8) is 0 Å². The number of nitrogens with one attached hydrogen (secondary N) is 1. The third-order valence-corrected chi connectivity index (χ3v) is 3.71. The Balaban J connectivity index is 2.52. The molecule has 0 spiro atoms. The first kappa shape index (κ1) is 14.2. The molecular formula is C15H14BrF2N. The van der Waals surface area contributed by atoms with Crippen molar-refractivity contribution >= 4 is 15.9 Å². The lowest BCUT2D eigenvalue weighted by Gasteiger charge is -2.19. The smallest absolute Gasteiger partial charge is 0.128 e. The zero-order chi connectivity index (χ0) is 14.0. The van der Waals surface area contributed by atoms with Gasteiger partial charge in [0.05, 0.1) is 6.04 Å². The van der Waals surface area contributed by atoms with E-state index < -0.39 is 17.7 Å². The summed E-state index contributed by atoms with van der Waals surface area (Å²) in [7, 11) is 1.72. The zero-order valence-corrected chi connectivity index (χ0v) is 12.3. The second-order valence-electron chi connectivity index (χ2n) is 4.41. The summed E-state index contributed by atoms with van der Waals surface area (Å²) in [6, 6.07) is 8.91. The second-order valence-corrected chi connectivity index (χ2v) is 5.27. The standard InChI is InChI=1S/C15H14BrF2N/c1-9-3-5-11(13(16)7-9)15(19-2)12-8-10(17)4-6-14(12)18/h3-8,15,19H,1-2H3. The fourth-order valence-corrected chi connectivity index (χ4v) is 2.80. The Labute approximate surface area is 119 Å². The van der Waals surface area contributed by atoms with Crippen molar-refractivity contribution in [2.75, 3.05) is 7.05 Å². The Bertz CT molecular complexity index is 599. The summed E-state index contributed by atoms with van der Waals surface area (Å²) in [6.45, 7) is 1.98. The summed E-state index contributed by atoms with van der Waals surface area (Å²) in [5.74, 6) is -0.867. The minimum atomic E-state index is -0.445. The Morgan fingerprint density at radius 1 is 1.05 bits per heavy atom. The van der Waals surface area contributed by atoms with E-state index in [4.69, 9.17) is 0 Å². The third-order valence-electron chi connectivity index (χ3n) is 3.02. The molecule has 0 heterocycles. The van der Waals surface area contributed by atoms with E-state index in [9.17, 15) is 8.78 Å². The molecule has 2 aromatic carbocycles. The van der Waals surface area contributed by atoms with E-state index in [-0.39, 0.29) is 0 Å². The van der Waals surface area contributed by atoms with Crippen LogP contribution in [0.15, 0.2) is 40.9 Å². The average Bonchev–Trinajstić information content (AvgIpc) is 2.36. The van der Waals surface area contributed by atoms with Crippen molar-refractivity contribution in [2.45, 2.75) is 13.0 Å². The van der Waals surface area contributed by atoms with Gasteiger partial charge in [-0.3, -0.25) is 0 Å². The normalized spacial score (nSPS) is 12.5. The molecule has 100 valence electrons. The molecule has 2 rings (SSSR count). The van der Waals surface area contributed by atoms with Crippen LogP contribution in [0.25, 0.3) is 0 Å². The first-order valence-corrected chi connectivity index (χ1v) is 6.70. The molecule has 4 heteroatoms. The highest BCUT2D eigenvalue weighted by Gasteiger charge is 2.19. The Kier molecular flexibility index (Phi) is 4.32. The van der Waals surface area contributed by atoms with Crippen LogP contribution in [0, 0.1) is 18.6 Å². The molecule has 0 aliphatic rings. The number of hydrogen-bond donors (Lipinski definition) is 1. The van der Waals surface area contributed by atoms with E-state index >= 15 is 0 Å². The van der Waals surface area contributed by atoms with E-state index in [0.29, 0.717) is 5.56 Å². The predicted molar refractivity (Wildman–Crippen MR) is 76.1 cm³/mol. The number of rotatable bonds is 3. The van der Waals surface area contributed by atoms with Crippen molar-refractivity contribution in [1.82, 2.24) is 5.32 Å². The maximum absolute atomic E-state index is 13.9. The highest BCUT2D eigenvalue weighted by atomic mass is 79.9. The van der Waals surface area contributed by atoms with Crippen molar-refractivity contribution in [1.29, 1.82) is 0 Å². The summed E-state index contributed by atoms with van der Waals surface area (Å²) in [4.78, 5) is 0. The van der Waals surface area contributed by atoms with E-state index in [1.165, 1.54) is 6.07 Å². The van der Waals surface area contributed by atoms with Gasteiger partial charge in [-0.1, -0.05) is 28.1 Å². The second kappa shape index (κ2) is 5.80. The van der Waals surface area contributed by atoms with Crippen LogP contribution in [-0.2, 0) is 0 Å². The Morgan fingerprint density at radius 3 is 2.42 bits per heavy atom. The summed E-state index contributed by atoms with van der Waals surface area (Å²) in [5, 5.41) is 3.03. The molecule has 0 saturated heterocycles. The van der Waals surface area contributed by atoms with Crippen LogP contribution in [0.5, 0.6) is 0 Å². The van der Waals surface area contributed by atoms with Crippen molar-refractivity contribution in [3.8, 4) is 0 Å². The Morgan fingerprint density at radius 2 is 1.79 bits per heavy atom. The quantitative estimate of drug-likeness (QED) is 0.884. The molecule has 0 aromatic heterocycles. The molecule has 2 aromatic rings. The van der Waals surface area contributed by atoms with Crippen LogP contribution in [0.3, 0.4) is 0 Å². The topological polar surface area (TPSA) is 12.0 Å². The lowest BCUT2D eigenvalue weighted by Crippen LogP contribution is -2.19. The van der Waals surface area contributed by atoms with Gasteiger partial charge in [-0.05, 0) is 49.4 Å². The fraction of sp³-hybridized carbons (Fsp3) is 0.200. The summed E-state index contributed by atoms with van der Waals surface area (Å²) in [6.07, 6.45) is 0. The zero-order valence-electron chi connectivity index (χ0n) is 10.7. The van der Waals surface area contributed by atoms with Gasteiger partial charge in [0.2, 0.25) is 0 Å². The molecule has 0 fully saturated rings. The molecule has 1 atom stereocenters. The molecule has 0 aliphatic carbocycles. The van der Waals surface area contributed by atoms with Gasteiger partial charge in [0.15, 0.2) is 0 Å². The maximum Gasteiger partial charge on any atom is 0.128 e. The van der Waals surface area contributed by atoms with Gasteiger partial charge in [0.1, 0.15) is 11.6 Å². The first-order chi connectivity index (χ1) is 9.02. The molecule has 1 unspecified atom stereocenters. The van der Waals surface area contributed by atoms with Crippen LogP contribution in [-0.4, -0.2) is 7.05 Å². The van der Waals surface area contributed by atoms with Crippen molar-refractivity contribution in [2.24, 2.45) is 0 Å². The molecule has 19 heavy (non-hydrogen) atoms. The van der Waals surface area contributed by atoms with E-state index in [1.807, 2.05) is 25.1 Å². The van der Waals surface area contributed by atoms with Crippen molar-refractivity contribution < 1.29 is 8.78 Å². The van der Waals surface area contributed by atoms with E-state index in [0.717, 1.165) is 27.7 Å². The SMILES string of the molecule is CNC(c1cc(F)ccc1F)c1ccc(C)cc1Br. The lowest BCUT2D eigenvalue weighted by atomic mass is 9.97. The van der Waals surface area contributed by atoms with E-state index in [1.54, 1.807) is 7.05 Å². The van der Waals surface area contributed by atoms with Crippen LogP contribution in [0.1, 0.15) is 22.7 Å². The van der Waals surface area contributed by atoms with Crippen LogP contribution in [0.4, 0.5) is 8.78 Å². The monoisotopic (exact) mass is 325 g/mol. The Hall–Kier alpha value is -1.26. The number of benzene rings is 2. The number of halogens is 3. The van der Waals surface area contributed by atoms with Crippen LogP contribution < -0.4 is 5.32 Å². The lowest BCUT2D eigenvalue weighted by molar-refractivity contribution is 0.557. The highest BCUT2D eigenvalue weighted by molar-refractivity contribution is 9.10. The van der Waals surface area contributed by atoms with Gasteiger partial charge in [-0.15, -0.1) is 0 Å². The minimum Gasteiger partial charge on any atom is -0.309 e. The van der Waals surface area contributed by atoms with Crippen LogP contribution in [0.2, 0.25) is 0 Å². The molecule has 0 amide bonds. The van der Waals surface area contributed by atoms with Gasteiger partial charge >= 0.3 is 0 Å². The third kappa shape index (κ3) is 3.01. The van der Waals surface area contributed by atoms with Gasteiger partial charge in [-0.2, -0.15) is 0 Å². The molecule has 0 radical (unpaired) electrons. The van der Waals surface area contributed by atoms with Gasteiger partial charge in [0.25, 0.3) is 0 Å². The number of aryl methyl sites for hydroxylation is 1.